The Balaban J connectivity index is 1.06. The van der Waals surface area contributed by atoms with Gasteiger partial charge in [0.2, 0.25) is 0 Å². The number of aliphatic imine (C=N–C) groups is 2. The van der Waals surface area contributed by atoms with Crippen LogP contribution in [-0.2, 0) is 0 Å². The lowest BCUT2D eigenvalue weighted by Crippen LogP contribution is -2.34. The van der Waals surface area contributed by atoms with E-state index in [0.717, 1.165) is 82.8 Å². The van der Waals surface area contributed by atoms with Crippen LogP contribution in [0.15, 0.2) is 227 Å². The Kier molecular flexibility index (Phi) is 7.65. The molecule has 0 fully saturated rings. The van der Waals surface area contributed by atoms with Crippen LogP contribution >= 0.6 is 0 Å². The molecule has 0 bridgehead atoms. The van der Waals surface area contributed by atoms with E-state index in [1.807, 2.05) is 6.07 Å². The van der Waals surface area contributed by atoms with E-state index >= 15 is 0 Å². The van der Waals surface area contributed by atoms with Crippen LogP contribution in [0.2, 0.25) is 0 Å². The first kappa shape index (κ1) is 35.8. The van der Waals surface area contributed by atoms with Crippen LogP contribution in [0.3, 0.4) is 0 Å². The molecule has 4 heterocycles. The van der Waals surface area contributed by atoms with Crippen LogP contribution in [0.25, 0.3) is 98.5 Å². The number of rotatable bonds is 5. The quantitative estimate of drug-likeness (QED) is 0.188. The molecule has 0 spiro atoms. The van der Waals surface area contributed by atoms with E-state index in [4.69, 9.17) is 14.4 Å². The van der Waals surface area contributed by atoms with Crippen molar-refractivity contribution in [1.29, 1.82) is 0 Å². The predicted molar refractivity (Wildman–Crippen MR) is 269 cm³/mol. The molecule has 1 atom stereocenters. The maximum Gasteiger partial charge on any atom is 0.161 e. The van der Waals surface area contributed by atoms with Gasteiger partial charge in [-0.25, -0.2) is 9.98 Å². The van der Waals surface area contributed by atoms with Crippen LogP contribution in [0.4, 0.5) is 0 Å². The Morgan fingerprint density at radius 1 is 0.415 bits per heavy atom. The first-order valence-electron chi connectivity index (χ1n) is 22.1. The highest BCUT2D eigenvalue weighted by Gasteiger charge is 2.28. The Morgan fingerprint density at radius 2 is 1.06 bits per heavy atom. The van der Waals surface area contributed by atoms with Crippen LogP contribution in [-0.4, -0.2) is 20.8 Å². The fourth-order valence-corrected chi connectivity index (χ4v) is 10.3. The fourth-order valence-electron chi connectivity index (χ4n) is 10.3. The maximum absolute atomic E-state index is 6.89. The van der Waals surface area contributed by atoms with Gasteiger partial charge in [0.05, 0.1) is 27.6 Å². The molecule has 10 aromatic carbocycles. The SMILES string of the molecule is c1ccc(-n2c3ccccc3c3cccc(C4=NC(c5ccc6ccccc6c5)NC(c5cc(-n6c7ccccc7c7cc8ccccc8cc76)cc6c5oc5ccccc56)=N4)c32)cc1. The van der Waals surface area contributed by atoms with Crippen molar-refractivity contribution in [1.82, 2.24) is 14.5 Å². The summed E-state index contributed by atoms with van der Waals surface area (Å²) in [6, 6.07) is 75.7. The second-order valence-corrected chi connectivity index (χ2v) is 17.0. The molecule has 6 heteroatoms. The number of fused-ring (bicyclic) bond motifs is 11. The van der Waals surface area contributed by atoms with Gasteiger partial charge in [-0.2, -0.15) is 0 Å². The minimum absolute atomic E-state index is 0.463. The number of benzene rings is 10. The van der Waals surface area contributed by atoms with Gasteiger partial charge in [-0.05, 0) is 93.8 Å². The summed E-state index contributed by atoms with van der Waals surface area (Å²) < 4.78 is 11.7. The van der Waals surface area contributed by atoms with Crippen LogP contribution in [0, 0.1) is 0 Å². The van der Waals surface area contributed by atoms with Crippen molar-refractivity contribution >= 4 is 98.8 Å². The second-order valence-electron chi connectivity index (χ2n) is 17.0. The molecule has 1 aliphatic heterocycles. The molecule has 1 aliphatic rings. The molecule has 13 aromatic rings. The Bertz CT molecular complexity index is 4170. The summed E-state index contributed by atoms with van der Waals surface area (Å²) in [6.45, 7) is 0. The third kappa shape index (κ3) is 5.47. The van der Waals surface area contributed by atoms with Crippen LogP contribution in [0.5, 0.6) is 0 Å². The molecule has 1 unspecified atom stereocenters. The van der Waals surface area contributed by atoms with Crippen molar-refractivity contribution in [2.75, 3.05) is 0 Å². The molecule has 1 N–H and O–H groups in total. The summed E-state index contributed by atoms with van der Waals surface area (Å²) in [7, 11) is 0. The highest BCUT2D eigenvalue weighted by molar-refractivity contribution is 6.24. The van der Waals surface area contributed by atoms with Crippen molar-refractivity contribution < 1.29 is 4.42 Å². The first-order valence-corrected chi connectivity index (χ1v) is 22.1. The summed E-state index contributed by atoms with van der Waals surface area (Å²) >= 11 is 0. The van der Waals surface area contributed by atoms with E-state index in [9.17, 15) is 0 Å². The highest BCUT2D eigenvalue weighted by Crippen LogP contribution is 2.40. The number of nitrogens with zero attached hydrogens (tertiary/aromatic N) is 4. The van der Waals surface area contributed by atoms with E-state index in [1.54, 1.807) is 0 Å². The minimum atomic E-state index is -0.463. The van der Waals surface area contributed by atoms with E-state index in [1.165, 1.54) is 32.3 Å². The van der Waals surface area contributed by atoms with Crippen LogP contribution in [0.1, 0.15) is 22.9 Å². The van der Waals surface area contributed by atoms with Crippen molar-refractivity contribution in [3.63, 3.8) is 0 Å². The topological polar surface area (TPSA) is 59.8 Å². The standard InChI is InChI=1S/C59H37N5O/c1-2-19-41(20-3-1)64-52-27-12-8-21-43(52)46-24-14-25-47(55(46)64)58-60-57(40-30-29-36-15-4-5-16-37(36)31-40)61-59(62-58)50-35-42(34-49-45-23-10-13-28-54(45)65-56(49)50)63-51-26-11-9-22-44(51)48-32-38-17-6-7-18-39(38)33-53(48)63/h1-35,57H,(H,60,61,62). The lowest BCUT2D eigenvalue weighted by atomic mass is 10.0. The summed E-state index contributed by atoms with van der Waals surface area (Å²) in [5, 5.41) is 15.4. The zero-order valence-corrected chi connectivity index (χ0v) is 35.0. The van der Waals surface area contributed by atoms with Gasteiger partial charge in [0.15, 0.2) is 5.84 Å². The third-order valence-electron chi connectivity index (χ3n) is 13.3. The predicted octanol–water partition coefficient (Wildman–Crippen LogP) is 14.6. The lowest BCUT2D eigenvalue weighted by Gasteiger charge is -2.25. The zero-order valence-electron chi connectivity index (χ0n) is 35.0. The van der Waals surface area contributed by atoms with Gasteiger partial charge < -0.3 is 18.9 Å². The molecule has 0 saturated heterocycles. The largest absolute Gasteiger partial charge is 0.455 e. The van der Waals surface area contributed by atoms with Crippen molar-refractivity contribution in [2.45, 2.75) is 6.17 Å². The number of aromatic nitrogens is 2. The van der Waals surface area contributed by atoms with Crippen molar-refractivity contribution in [3.05, 3.63) is 229 Å². The van der Waals surface area contributed by atoms with Gasteiger partial charge in [0, 0.05) is 49.3 Å². The van der Waals surface area contributed by atoms with Crippen molar-refractivity contribution in [3.8, 4) is 11.4 Å². The molecule has 65 heavy (non-hydrogen) atoms. The number of hydrogen-bond donors (Lipinski definition) is 1. The summed E-state index contributed by atoms with van der Waals surface area (Å²) in [5.74, 6) is 1.32. The van der Waals surface area contributed by atoms with E-state index in [0.29, 0.717) is 11.7 Å². The molecular weight excluding hydrogens is 795 g/mol. The Hall–Kier alpha value is -8.74. The summed E-state index contributed by atoms with van der Waals surface area (Å²) in [4.78, 5) is 11.1. The van der Waals surface area contributed by atoms with Gasteiger partial charge in [-0.15, -0.1) is 0 Å². The Morgan fingerprint density at radius 3 is 1.88 bits per heavy atom. The molecule has 6 nitrogen and oxygen atoms in total. The van der Waals surface area contributed by atoms with Gasteiger partial charge in [0.1, 0.15) is 23.2 Å². The smallest absolute Gasteiger partial charge is 0.161 e. The molecule has 3 aromatic heterocycles. The minimum Gasteiger partial charge on any atom is -0.455 e. The third-order valence-corrected chi connectivity index (χ3v) is 13.3. The van der Waals surface area contributed by atoms with Crippen molar-refractivity contribution in [2.24, 2.45) is 9.98 Å². The van der Waals surface area contributed by atoms with Gasteiger partial charge in [-0.1, -0.05) is 146 Å². The molecule has 304 valence electrons. The maximum atomic E-state index is 6.89. The molecule has 14 rings (SSSR count). The number of hydrogen-bond acceptors (Lipinski definition) is 4. The van der Waals surface area contributed by atoms with Gasteiger partial charge >= 0.3 is 0 Å². The van der Waals surface area contributed by atoms with E-state index in [-0.39, 0.29) is 0 Å². The molecule has 0 amide bonds. The van der Waals surface area contributed by atoms with Crippen LogP contribution < -0.4 is 5.32 Å². The highest BCUT2D eigenvalue weighted by atomic mass is 16.3. The molecular formula is C59H37N5O. The number of amidine groups is 2. The van der Waals surface area contributed by atoms with Gasteiger partial charge in [0.25, 0.3) is 0 Å². The van der Waals surface area contributed by atoms with E-state index in [2.05, 4.69) is 221 Å². The van der Waals surface area contributed by atoms with Gasteiger partial charge in [-0.3, -0.25) is 0 Å². The number of furan rings is 1. The fraction of sp³-hybridized carbons (Fsp3) is 0.0169. The Labute approximate surface area is 372 Å². The normalized spacial score (nSPS) is 14.3. The zero-order chi connectivity index (χ0) is 42.6. The molecule has 0 aliphatic carbocycles. The lowest BCUT2D eigenvalue weighted by molar-refractivity contribution is 0.660. The molecule has 0 saturated carbocycles. The van der Waals surface area contributed by atoms with E-state index < -0.39 is 6.17 Å². The number of para-hydroxylation sites is 5. The average Bonchev–Trinajstić information content (AvgIpc) is 4.03. The molecule has 0 radical (unpaired) electrons. The summed E-state index contributed by atoms with van der Waals surface area (Å²) in [5.41, 5.74) is 11.0. The monoisotopic (exact) mass is 831 g/mol. The average molecular weight is 832 g/mol. The first-order chi connectivity index (χ1) is 32.2. The summed E-state index contributed by atoms with van der Waals surface area (Å²) in [6.07, 6.45) is -0.463. The second kappa shape index (κ2) is 13.9. The number of nitrogens with one attached hydrogen (secondary N) is 1.